The maximum atomic E-state index is 11.2. The summed E-state index contributed by atoms with van der Waals surface area (Å²) in [5.41, 5.74) is 7.51. The molecule has 82 valence electrons. The lowest BCUT2D eigenvalue weighted by molar-refractivity contribution is -0.141. The number of ether oxygens (including phenoxy) is 1. The van der Waals surface area contributed by atoms with Crippen molar-refractivity contribution in [2.45, 2.75) is 25.8 Å². The number of rotatable bonds is 3. The van der Waals surface area contributed by atoms with E-state index in [0.717, 1.165) is 5.56 Å². The number of carbonyl (C=O) groups is 1. The number of carbonyl (C=O) groups excluding carboxylic acids is 1. The van der Waals surface area contributed by atoms with Crippen molar-refractivity contribution in [3.63, 3.8) is 0 Å². The van der Waals surface area contributed by atoms with E-state index in [4.69, 9.17) is 5.73 Å². The van der Waals surface area contributed by atoms with Crippen LogP contribution in [0.5, 0.6) is 0 Å². The predicted octanol–water partition coefficient (Wildman–Crippen LogP) is 1.73. The Morgan fingerprint density at radius 1 is 1.40 bits per heavy atom. The van der Waals surface area contributed by atoms with Gasteiger partial charge >= 0.3 is 5.97 Å². The topological polar surface area (TPSA) is 52.3 Å². The van der Waals surface area contributed by atoms with Gasteiger partial charge in [-0.25, -0.2) is 0 Å². The third-order valence-electron chi connectivity index (χ3n) is 2.45. The molecule has 0 spiro atoms. The summed E-state index contributed by atoms with van der Waals surface area (Å²) in [6, 6.07) is 7.85. The van der Waals surface area contributed by atoms with Crippen molar-refractivity contribution in [1.29, 1.82) is 0 Å². The van der Waals surface area contributed by atoms with Gasteiger partial charge < -0.3 is 10.5 Å². The summed E-state index contributed by atoms with van der Waals surface area (Å²) < 4.78 is 4.61. The first-order valence-corrected chi connectivity index (χ1v) is 4.88. The van der Waals surface area contributed by atoms with Crippen LogP contribution in [0.3, 0.4) is 0 Å². The van der Waals surface area contributed by atoms with Crippen molar-refractivity contribution in [3.05, 3.63) is 35.4 Å². The van der Waals surface area contributed by atoms with Crippen LogP contribution in [0.1, 0.15) is 24.5 Å². The highest BCUT2D eigenvalue weighted by molar-refractivity contribution is 5.71. The van der Waals surface area contributed by atoms with Crippen molar-refractivity contribution in [3.8, 4) is 0 Å². The highest BCUT2D eigenvalue weighted by Gasteiger charge is 2.25. The Kier molecular flexibility index (Phi) is 3.48. The zero-order valence-corrected chi connectivity index (χ0v) is 9.41. The Bertz CT molecular complexity index is 341. The lowest BCUT2D eigenvalue weighted by Crippen LogP contribution is -2.35. The molecule has 0 heterocycles. The van der Waals surface area contributed by atoms with Gasteiger partial charge in [0.1, 0.15) is 0 Å². The van der Waals surface area contributed by atoms with Gasteiger partial charge in [-0.15, -0.1) is 0 Å². The molecule has 2 N–H and O–H groups in total. The van der Waals surface area contributed by atoms with Gasteiger partial charge in [0.15, 0.2) is 0 Å². The summed E-state index contributed by atoms with van der Waals surface area (Å²) in [5.74, 6) is -0.291. The average molecular weight is 207 g/mol. The summed E-state index contributed by atoms with van der Waals surface area (Å²) >= 11 is 0. The van der Waals surface area contributed by atoms with Gasteiger partial charge in [0.05, 0.1) is 13.5 Å². The number of methoxy groups -OCH3 is 1. The maximum absolute atomic E-state index is 11.2. The highest BCUT2D eigenvalue weighted by Crippen LogP contribution is 2.22. The molecule has 3 nitrogen and oxygen atoms in total. The van der Waals surface area contributed by atoms with E-state index in [-0.39, 0.29) is 12.4 Å². The Labute approximate surface area is 90.2 Å². The number of aryl methyl sites for hydroxylation is 1. The molecule has 1 aromatic carbocycles. The normalized spacial score (nSPS) is 14.4. The van der Waals surface area contributed by atoms with Crippen LogP contribution in [0.2, 0.25) is 0 Å². The summed E-state index contributed by atoms with van der Waals surface area (Å²) in [4.78, 5) is 11.2. The molecule has 0 aromatic heterocycles. The lowest BCUT2D eigenvalue weighted by Gasteiger charge is -2.23. The minimum atomic E-state index is -0.666. The quantitative estimate of drug-likeness (QED) is 0.768. The zero-order valence-electron chi connectivity index (χ0n) is 9.41. The van der Waals surface area contributed by atoms with E-state index in [2.05, 4.69) is 4.74 Å². The largest absolute Gasteiger partial charge is 0.469 e. The van der Waals surface area contributed by atoms with E-state index in [1.165, 1.54) is 12.7 Å². The van der Waals surface area contributed by atoms with Crippen LogP contribution in [0.4, 0.5) is 0 Å². The number of benzene rings is 1. The Balaban J connectivity index is 2.85. The predicted molar refractivity (Wildman–Crippen MR) is 59.4 cm³/mol. The fourth-order valence-electron chi connectivity index (χ4n) is 1.41. The van der Waals surface area contributed by atoms with Gasteiger partial charge in [-0.3, -0.25) is 4.79 Å². The summed E-state index contributed by atoms with van der Waals surface area (Å²) in [7, 11) is 1.37. The highest BCUT2D eigenvalue weighted by atomic mass is 16.5. The molecule has 1 unspecified atom stereocenters. The van der Waals surface area contributed by atoms with E-state index in [1.54, 1.807) is 0 Å². The minimum Gasteiger partial charge on any atom is -0.469 e. The molecule has 0 bridgehead atoms. The Morgan fingerprint density at radius 2 is 1.93 bits per heavy atom. The smallest absolute Gasteiger partial charge is 0.307 e. The molecule has 0 saturated heterocycles. The average Bonchev–Trinajstić information content (AvgIpc) is 2.17. The molecule has 0 saturated carbocycles. The van der Waals surface area contributed by atoms with Crippen molar-refractivity contribution in [2.75, 3.05) is 7.11 Å². The maximum Gasteiger partial charge on any atom is 0.307 e. The first-order chi connectivity index (χ1) is 6.95. The van der Waals surface area contributed by atoms with Crippen molar-refractivity contribution < 1.29 is 9.53 Å². The molecule has 15 heavy (non-hydrogen) atoms. The van der Waals surface area contributed by atoms with Gasteiger partial charge in [-0.05, 0) is 19.4 Å². The van der Waals surface area contributed by atoms with Gasteiger partial charge in [0.25, 0.3) is 0 Å². The third kappa shape index (κ3) is 3.06. The summed E-state index contributed by atoms with van der Waals surface area (Å²) in [6.07, 6.45) is 0.187. The second-order valence-corrected chi connectivity index (χ2v) is 4.04. The number of hydrogen-bond donors (Lipinski definition) is 1. The van der Waals surface area contributed by atoms with Crippen LogP contribution in [-0.4, -0.2) is 13.1 Å². The van der Waals surface area contributed by atoms with Crippen molar-refractivity contribution in [1.82, 2.24) is 0 Å². The number of hydrogen-bond acceptors (Lipinski definition) is 3. The third-order valence-corrected chi connectivity index (χ3v) is 2.45. The van der Waals surface area contributed by atoms with Gasteiger partial charge in [-0.1, -0.05) is 29.8 Å². The Hall–Kier alpha value is -1.35. The molecule has 0 aliphatic carbocycles. The fourth-order valence-corrected chi connectivity index (χ4v) is 1.41. The van der Waals surface area contributed by atoms with Gasteiger partial charge in [-0.2, -0.15) is 0 Å². The summed E-state index contributed by atoms with van der Waals surface area (Å²) in [6.45, 7) is 3.84. The molecule has 1 aromatic rings. The van der Waals surface area contributed by atoms with Crippen LogP contribution in [0.25, 0.3) is 0 Å². The van der Waals surface area contributed by atoms with Crippen molar-refractivity contribution in [2.24, 2.45) is 5.73 Å². The van der Waals surface area contributed by atoms with Crippen LogP contribution in [0, 0.1) is 6.92 Å². The fraction of sp³-hybridized carbons (Fsp3) is 0.417. The SMILES string of the molecule is COC(=O)CC(C)(N)c1ccc(C)cc1. The molecule has 1 atom stereocenters. The van der Waals surface area contributed by atoms with Crippen LogP contribution < -0.4 is 5.73 Å². The van der Waals surface area contributed by atoms with Crippen LogP contribution in [-0.2, 0) is 15.1 Å². The van der Waals surface area contributed by atoms with Crippen LogP contribution >= 0.6 is 0 Å². The van der Waals surface area contributed by atoms with E-state index in [9.17, 15) is 4.79 Å². The number of nitrogens with two attached hydrogens (primary N) is 1. The lowest BCUT2D eigenvalue weighted by atomic mass is 9.89. The molecule has 1 rings (SSSR count). The van der Waals surface area contributed by atoms with E-state index < -0.39 is 5.54 Å². The molecule has 0 radical (unpaired) electrons. The van der Waals surface area contributed by atoms with Gasteiger partial charge in [0.2, 0.25) is 0 Å². The van der Waals surface area contributed by atoms with E-state index in [0.29, 0.717) is 0 Å². The molecular weight excluding hydrogens is 190 g/mol. The first-order valence-electron chi connectivity index (χ1n) is 4.88. The minimum absolute atomic E-state index is 0.187. The van der Waals surface area contributed by atoms with E-state index >= 15 is 0 Å². The van der Waals surface area contributed by atoms with Gasteiger partial charge in [0, 0.05) is 5.54 Å². The Morgan fingerprint density at radius 3 is 2.40 bits per heavy atom. The zero-order chi connectivity index (χ0) is 11.5. The molecule has 0 aliphatic heterocycles. The van der Waals surface area contributed by atoms with Crippen LogP contribution in [0.15, 0.2) is 24.3 Å². The monoisotopic (exact) mass is 207 g/mol. The molecule has 0 amide bonds. The number of esters is 1. The first kappa shape index (κ1) is 11.7. The second kappa shape index (κ2) is 4.45. The standard InChI is InChI=1S/C12H17NO2/c1-9-4-6-10(7-5-9)12(2,13)8-11(14)15-3/h4-7H,8,13H2,1-3H3. The van der Waals surface area contributed by atoms with E-state index in [1.807, 2.05) is 38.1 Å². The van der Waals surface area contributed by atoms with Crippen molar-refractivity contribution >= 4 is 5.97 Å². The molecule has 3 heteroatoms. The molecular formula is C12H17NO2. The molecule has 0 fully saturated rings. The molecule has 0 aliphatic rings. The summed E-state index contributed by atoms with van der Waals surface area (Å²) in [5, 5.41) is 0. The second-order valence-electron chi connectivity index (χ2n) is 4.04.